The van der Waals surface area contributed by atoms with Gasteiger partial charge in [0.25, 0.3) is 0 Å². The maximum Gasteiger partial charge on any atom is 0.209 e. The van der Waals surface area contributed by atoms with E-state index in [4.69, 9.17) is 0 Å². The van der Waals surface area contributed by atoms with Gasteiger partial charge in [0, 0.05) is 36.2 Å². The molecule has 1 fully saturated rings. The first-order valence-corrected chi connectivity index (χ1v) is 10.7. The van der Waals surface area contributed by atoms with Crippen molar-refractivity contribution in [3.63, 3.8) is 0 Å². The van der Waals surface area contributed by atoms with Gasteiger partial charge in [-0.15, -0.1) is 0 Å². The Morgan fingerprint density at radius 1 is 1.41 bits per heavy atom. The number of sulfonamides is 1. The molecule has 1 unspecified atom stereocenters. The molecular weight excluding hydrogens is 320 g/mol. The summed E-state index contributed by atoms with van der Waals surface area (Å²) in [6.45, 7) is 11.1. The van der Waals surface area contributed by atoms with Crippen molar-refractivity contribution in [3.8, 4) is 0 Å². The van der Waals surface area contributed by atoms with Gasteiger partial charge < -0.3 is 10.2 Å². The number of guanidine groups is 1. The molecule has 6 nitrogen and oxygen atoms in total. The zero-order valence-electron chi connectivity index (χ0n) is 14.3. The summed E-state index contributed by atoms with van der Waals surface area (Å²) in [5.41, 5.74) is -0.594. The van der Waals surface area contributed by atoms with Gasteiger partial charge in [-0.1, -0.05) is 6.92 Å². The third kappa shape index (κ3) is 7.19. The minimum atomic E-state index is -3.24. The molecule has 0 aliphatic carbocycles. The van der Waals surface area contributed by atoms with E-state index in [9.17, 15) is 8.42 Å². The number of nitrogens with zero attached hydrogens (tertiary/aromatic N) is 2. The summed E-state index contributed by atoms with van der Waals surface area (Å²) in [5.74, 6) is 1.98. The smallest absolute Gasteiger partial charge is 0.209 e. The molecule has 0 radical (unpaired) electrons. The average molecular weight is 351 g/mol. The maximum absolute atomic E-state index is 11.4. The highest BCUT2D eigenvalue weighted by atomic mass is 32.2. The van der Waals surface area contributed by atoms with Crippen LogP contribution < -0.4 is 10.0 Å². The number of thioether (sulfide) groups is 1. The number of rotatable bonds is 6. The Bertz CT molecular complexity index is 477. The van der Waals surface area contributed by atoms with Gasteiger partial charge in [0.1, 0.15) is 0 Å². The molecule has 0 spiro atoms. The summed E-state index contributed by atoms with van der Waals surface area (Å²) < 4.78 is 25.5. The SMILES string of the molecule is CCNC(=NCC(C)(C)NS(C)(=O)=O)N1CCSC(CC)C1. The summed E-state index contributed by atoms with van der Waals surface area (Å²) in [5, 5.41) is 3.96. The van der Waals surface area contributed by atoms with Gasteiger partial charge in [0.2, 0.25) is 10.0 Å². The predicted molar refractivity (Wildman–Crippen MR) is 96.1 cm³/mol. The van der Waals surface area contributed by atoms with E-state index in [0.29, 0.717) is 11.8 Å². The van der Waals surface area contributed by atoms with E-state index >= 15 is 0 Å². The molecule has 0 amide bonds. The second-order valence-electron chi connectivity index (χ2n) is 6.28. The lowest BCUT2D eigenvalue weighted by molar-refractivity contribution is 0.401. The van der Waals surface area contributed by atoms with Gasteiger partial charge in [0.15, 0.2) is 5.96 Å². The van der Waals surface area contributed by atoms with Gasteiger partial charge in [-0.3, -0.25) is 4.99 Å². The van der Waals surface area contributed by atoms with Crippen LogP contribution in [0.5, 0.6) is 0 Å². The molecule has 1 atom stereocenters. The molecule has 130 valence electrons. The van der Waals surface area contributed by atoms with E-state index < -0.39 is 15.6 Å². The summed E-state index contributed by atoms with van der Waals surface area (Å²) in [6.07, 6.45) is 2.33. The van der Waals surface area contributed by atoms with Crippen LogP contribution in [0.15, 0.2) is 4.99 Å². The van der Waals surface area contributed by atoms with Crippen LogP contribution in [0.1, 0.15) is 34.1 Å². The van der Waals surface area contributed by atoms with Crippen molar-refractivity contribution in [1.29, 1.82) is 0 Å². The Labute approximate surface area is 139 Å². The van der Waals surface area contributed by atoms with Crippen molar-refractivity contribution in [2.75, 3.05) is 38.2 Å². The average Bonchev–Trinajstić information content (AvgIpc) is 2.41. The lowest BCUT2D eigenvalue weighted by Gasteiger charge is -2.35. The van der Waals surface area contributed by atoms with Gasteiger partial charge >= 0.3 is 0 Å². The summed E-state index contributed by atoms with van der Waals surface area (Å²) >= 11 is 2.02. The number of aliphatic imine (C=N–C) groups is 1. The Morgan fingerprint density at radius 3 is 2.64 bits per heavy atom. The van der Waals surface area contributed by atoms with E-state index in [-0.39, 0.29) is 0 Å². The Balaban J connectivity index is 2.76. The molecule has 1 heterocycles. The molecule has 1 saturated heterocycles. The highest BCUT2D eigenvalue weighted by Gasteiger charge is 2.24. The normalized spacial score (nSPS) is 21.0. The van der Waals surface area contributed by atoms with Crippen molar-refractivity contribution in [2.24, 2.45) is 4.99 Å². The zero-order valence-corrected chi connectivity index (χ0v) is 16.0. The fourth-order valence-corrected chi connectivity index (χ4v) is 4.64. The summed E-state index contributed by atoms with van der Waals surface area (Å²) in [4.78, 5) is 6.94. The van der Waals surface area contributed by atoms with Crippen molar-refractivity contribution in [2.45, 2.75) is 44.9 Å². The molecule has 0 aromatic heterocycles. The molecular formula is C14H30N4O2S2. The van der Waals surface area contributed by atoms with E-state index in [1.54, 1.807) is 0 Å². The lowest BCUT2D eigenvalue weighted by Crippen LogP contribution is -2.50. The van der Waals surface area contributed by atoms with Gasteiger partial charge in [-0.05, 0) is 27.2 Å². The molecule has 0 aromatic carbocycles. The van der Waals surface area contributed by atoms with Crippen molar-refractivity contribution >= 4 is 27.7 Å². The quantitative estimate of drug-likeness (QED) is 0.554. The van der Waals surface area contributed by atoms with Crippen molar-refractivity contribution in [1.82, 2.24) is 14.9 Å². The van der Waals surface area contributed by atoms with Crippen LogP contribution in [0.2, 0.25) is 0 Å². The minimum absolute atomic E-state index is 0.406. The van der Waals surface area contributed by atoms with Crippen LogP contribution in [-0.4, -0.2) is 68.3 Å². The van der Waals surface area contributed by atoms with Crippen LogP contribution in [0.4, 0.5) is 0 Å². The summed E-state index contributed by atoms with van der Waals surface area (Å²) in [7, 11) is -3.24. The lowest BCUT2D eigenvalue weighted by atomic mass is 10.1. The molecule has 1 aliphatic heterocycles. The van der Waals surface area contributed by atoms with Crippen LogP contribution in [0.3, 0.4) is 0 Å². The van der Waals surface area contributed by atoms with Crippen LogP contribution >= 0.6 is 11.8 Å². The Morgan fingerprint density at radius 2 is 2.09 bits per heavy atom. The Kier molecular flexibility index (Phi) is 7.48. The van der Waals surface area contributed by atoms with Crippen molar-refractivity contribution < 1.29 is 8.42 Å². The number of hydrogen-bond donors (Lipinski definition) is 2. The number of nitrogens with one attached hydrogen (secondary N) is 2. The fourth-order valence-electron chi connectivity index (χ4n) is 2.39. The molecule has 1 rings (SSSR count). The fraction of sp³-hybridized carbons (Fsp3) is 0.929. The molecule has 0 aromatic rings. The Hall–Kier alpha value is -0.470. The van der Waals surface area contributed by atoms with Crippen LogP contribution in [0, 0.1) is 0 Å². The van der Waals surface area contributed by atoms with E-state index in [2.05, 4.69) is 26.9 Å². The first-order chi connectivity index (χ1) is 10.2. The van der Waals surface area contributed by atoms with Gasteiger partial charge in [-0.25, -0.2) is 13.1 Å². The third-order valence-corrected chi connectivity index (χ3v) is 5.61. The monoisotopic (exact) mass is 350 g/mol. The van der Waals surface area contributed by atoms with Crippen LogP contribution in [0.25, 0.3) is 0 Å². The molecule has 0 bridgehead atoms. The maximum atomic E-state index is 11.4. The second kappa shape index (κ2) is 8.40. The predicted octanol–water partition coefficient (Wildman–Crippen LogP) is 1.11. The van der Waals surface area contributed by atoms with E-state index in [0.717, 1.165) is 37.8 Å². The molecule has 1 aliphatic rings. The molecule has 8 heteroatoms. The molecule has 0 saturated carbocycles. The topological polar surface area (TPSA) is 73.8 Å². The highest BCUT2D eigenvalue weighted by Crippen LogP contribution is 2.21. The molecule has 22 heavy (non-hydrogen) atoms. The zero-order chi connectivity index (χ0) is 16.8. The third-order valence-electron chi connectivity index (χ3n) is 3.31. The largest absolute Gasteiger partial charge is 0.357 e. The standard InChI is InChI=1S/C14H30N4O2S2/c1-6-12-10-18(8-9-21-12)13(15-7-2)16-11-14(3,4)17-22(5,19)20/h12,17H,6-11H2,1-5H3,(H,15,16). The van der Waals surface area contributed by atoms with Crippen molar-refractivity contribution in [3.05, 3.63) is 0 Å². The second-order valence-corrected chi connectivity index (χ2v) is 9.43. The van der Waals surface area contributed by atoms with Gasteiger partial charge in [-0.2, -0.15) is 11.8 Å². The first kappa shape index (κ1) is 19.6. The van der Waals surface area contributed by atoms with Gasteiger partial charge in [0.05, 0.1) is 12.8 Å². The first-order valence-electron chi connectivity index (χ1n) is 7.80. The highest BCUT2D eigenvalue weighted by molar-refractivity contribution is 8.00. The van der Waals surface area contributed by atoms with E-state index in [1.165, 1.54) is 6.26 Å². The summed E-state index contributed by atoms with van der Waals surface area (Å²) in [6, 6.07) is 0. The minimum Gasteiger partial charge on any atom is -0.357 e. The number of hydrogen-bond acceptors (Lipinski definition) is 4. The molecule has 2 N–H and O–H groups in total. The van der Waals surface area contributed by atoms with E-state index in [1.807, 2.05) is 32.5 Å². The van der Waals surface area contributed by atoms with Crippen LogP contribution in [-0.2, 0) is 10.0 Å².